The zero-order valence-electron chi connectivity index (χ0n) is 17.6. The maximum absolute atomic E-state index is 13.4. The summed E-state index contributed by atoms with van der Waals surface area (Å²) in [5.74, 6) is 2.23. The average Bonchev–Trinajstić information content (AvgIpc) is 2.91. The number of carbonyl (C=O) groups excluding carboxylic acids is 1. The van der Waals surface area contributed by atoms with Crippen molar-refractivity contribution < 1.29 is 9.90 Å². The van der Waals surface area contributed by atoms with Crippen molar-refractivity contribution in [1.82, 2.24) is 4.90 Å². The number of allylic oxidation sites excluding steroid dienone is 2. The monoisotopic (exact) mass is 371 g/mol. The van der Waals surface area contributed by atoms with Crippen molar-refractivity contribution in [2.45, 2.75) is 78.7 Å². The molecule has 4 aliphatic rings. The van der Waals surface area contributed by atoms with Gasteiger partial charge in [-0.25, -0.2) is 0 Å². The zero-order valence-corrected chi connectivity index (χ0v) is 17.6. The summed E-state index contributed by atoms with van der Waals surface area (Å²) in [6.45, 7) is 11.0. The number of aliphatic hydroxyl groups is 1. The fourth-order valence-electron chi connectivity index (χ4n) is 7.05. The second kappa shape index (κ2) is 6.76. The van der Waals surface area contributed by atoms with E-state index in [0.29, 0.717) is 23.5 Å². The molecule has 0 heterocycles. The first-order chi connectivity index (χ1) is 12.8. The maximum Gasteiger partial charge on any atom is 0.166 e. The van der Waals surface area contributed by atoms with E-state index in [-0.39, 0.29) is 16.9 Å². The summed E-state index contributed by atoms with van der Waals surface area (Å²) in [6.07, 6.45) is 11.7. The summed E-state index contributed by atoms with van der Waals surface area (Å²) in [4.78, 5) is 15.6. The van der Waals surface area contributed by atoms with E-state index in [2.05, 4.69) is 44.9 Å². The minimum atomic E-state index is -0.157. The maximum atomic E-state index is 13.4. The first kappa shape index (κ1) is 19.2. The molecule has 150 valence electrons. The second-order valence-electron chi connectivity index (χ2n) is 10.0. The molecule has 3 heteroatoms. The van der Waals surface area contributed by atoms with Crippen LogP contribution in [0.15, 0.2) is 23.4 Å². The van der Waals surface area contributed by atoms with Gasteiger partial charge in [-0.2, -0.15) is 0 Å². The van der Waals surface area contributed by atoms with Crippen LogP contribution in [0.4, 0.5) is 0 Å². The van der Waals surface area contributed by atoms with Crippen LogP contribution in [-0.4, -0.2) is 35.0 Å². The molecule has 3 fully saturated rings. The summed E-state index contributed by atoms with van der Waals surface area (Å²) in [5.41, 5.74) is 2.67. The van der Waals surface area contributed by atoms with Crippen LogP contribution in [0.25, 0.3) is 0 Å². The molecule has 6 atom stereocenters. The number of fused-ring (bicyclic) bond motifs is 5. The van der Waals surface area contributed by atoms with Crippen LogP contribution in [0.1, 0.15) is 72.6 Å². The molecule has 0 aromatic carbocycles. The standard InChI is InChI=1S/C24H37NO2/c1-5-25(6-2)15-16-13-21-19-8-7-17-14-18(26)9-11-23(17,3)20(19)10-12-24(21,4)22(16)27/h7,15,18-21,26H,5-6,8-14H2,1-4H3/t18?,19-,20+,21+,23+,24+/m1/s1. The Morgan fingerprint density at radius 3 is 2.52 bits per heavy atom. The van der Waals surface area contributed by atoms with Crippen molar-refractivity contribution in [2.24, 2.45) is 28.6 Å². The zero-order chi connectivity index (χ0) is 19.4. The molecule has 0 saturated heterocycles. The van der Waals surface area contributed by atoms with Crippen LogP contribution >= 0.6 is 0 Å². The second-order valence-corrected chi connectivity index (χ2v) is 10.0. The fraction of sp³-hybridized carbons (Fsp3) is 0.792. The summed E-state index contributed by atoms with van der Waals surface area (Å²) in [5, 5.41) is 10.2. The molecule has 0 spiro atoms. The first-order valence-corrected chi connectivity index (χ1v) is 11.2. The highest BCUT2D eigenvalue weighted by Gasteiger charge is 2.59. The largest absolute Gasteiger partial charge is 0.393 e. The Morgan fingerprint density at radius 2 is 1.81 bits per heavy atom. The number of rotatable bonds is 3. The highest BCUT2D eigenvalue weighted by molar-refractivity contribution is 6.02. The number of hydrogen-bond acceptors (Lipinski definition) is 3. The Kier molecular flexibility index (Phi) is 4.81. The predicted molar refractivity (Wildman–Crippen MR) is 109 cm³/mol. The highest BCUT2D eigenvalue weighted by Crippen LogP contribution is 2.64. The van der Waals surface area contributed by atoms with E-state index in [1.165, 1.54) is 12.0 Å². The Bertz CT molecular complexity index is 676. The van der Waals surface area contributed by atoms with Gasteiger partial charge in [-0.1, -0.05) is 25.5 Å². The number of aliphatic hydroxyl groups excluding tert-OH is 1. The lowest BCUT2D eigenvalue weighted by atomic mass is 9.48. The van der Waals surface area contributed by atoms with Crippen molar-refractivity contribution in [3.63, 3.8) is 0 Å². The molecular weight excluding hydrogens is 334 g/mol. The van der Waals surface area contributed by atoms with E-state index in [9.17, 15) is 9.90 Å². The number of ketones is 1. The van der Waals surface area contributed by atoms with Gasteiger partial charge in [-0.05, 0) is 82.0 Å². The lowest BCUT2D eigenvalue weighted by Crippen LogP contribution is -2.50. The highest BCUT2D eigenvalue weighted by atomic mass is 16.3. The Labute approximate surface area is 164 Å². The number of carbonyl (C=O) groups is 1. The van der Waals surface area contributed by atoms with Crippen LogP contribution in [-0.2, 0) is 4.79 Å². The molecule has 0 bridgehead atoms. The lowest BCUT2D eigenvalue weighted by Gasteiger charge is -2.56. The van der Waals surface area contributed by atoms with Gasteiger partial charge in [0.05, 0.1) is 6.10 Å². The normalized spacial score (nSPS) is 45.1. The van der Waals surface area contributed by atoms with Gasteiger partial charge >= 0.3 is 0 Å². The van der Waals surface area contributed by atoms with Crippen molar-refractivity contribution >= 4 is 5.78 Å². The van der Waals surface area contributed by atoms with E-state index in [1.807, 2.05) is 0 Å². The van der Waals surface area contributed by atoms with Gasteiger partial charge in [-0.3, -0.25) is 4.79 Å². The van der Waals surface area contributed by atoms with Gasteiger partial charge in [-0.15, -0.1) is 0 Å². The van der Waals surface area contributed by atoms with Crippen LogP contribution in [0.3, 0.4) is 0 Å². The molecule has 3 saturated carbocycles. The lowest BCUT2D eigenvalue weighted by molar-refractivity contribution is -0.130. The summed E-state index contributed by atoms with van der Waals surface area (Å²) in [7, 11) is 0. The van der Waals surface area contributed by atoms with Crippen molar-refractivity contribution in [1.29, 1.82) is 0 Å². The molecule has 3 nitrogen and oxygen atoms in total. The fourth-order valence-corrected chi connectivity index (χ4v) is 7.05. The van der Waals surface area contributed by atoms with Gasteiger partial charge in [0.25, 0.3) is 0 Å². The summed E-state index contributed by atoms with van der Waals surface area (Å²) >= 11 is 0. The topological polar surface area (TPSA) is 40.5 Å². The van der Waals surface area contributed by atoms with E-state index >= 15 is 0 Å². The third-order valence-electron chi connectivity index (χ3n) is 8.87. The number of hydrogen-bond donors (Lipinski definition) is 1. The quantitative estimate of drug-likeness (QED) is 0.577. The molecule has 4 aliphatic carbocycles. The van der Waals surface area contributed by atoms with Gasteiger partial charge < -0.3 is 10.0 Å². The van der Waals surface area contributed by atoms with Crippen molar-refractivity contribution in [2.75, 3.05) is 13.1 Å². The molecule has 27 heavy (non-hydrogen) atoms. The van der Waals surface area contributed by atoms with E-state index < -0.39 is 0 Å². The van der Waals surface area contributed by atoms with E-state index in [4.69, 9.17) is 0 Å². The molecule has 1 unspecified atom stereocenters. The Balaban J connectivity index is 1.65. The van der Waals surface area contributed by atoms with Gasteiger partial charge in [0, 0.05) is 30.3 Å². The van der Waals surface area contributed by atoms with Gasteiger partial charge in [0.1, 0.15) is 0 Å². The minimum absolute atomic E-state index is 0.147. The molecule has 0 radical (unpaired) electrons. The summed E-state index contributed by atoms with van der Waals surface area (Å²) in [6, 6.07) is 0. The third kappa shape index (κ3) is 2.84. The molecule has 4 rings (SSSR count). The van der Waals surface area contributed by atoms with Gasteiger partial charge in [0.2, 0.25) is 0 Å². The molecule has 0 aromatic heterocycles. The van der Waals surface area contributed by atoms with Crippen LogP contribution in [0, 0.1) is 28.6 Å². The van der Waals surface area contributed by atoms with E-state index in [1.54, 1.807) is 0 Å². The molecule has 1 N–H and O–H groups in total. The van der Waals surface area contributed by atoms with Crippen molar-refractivity contribution in [3.05, 3.63) is 23.4 Å². The molecular formula is C24H37NO2. The predicted octanol–water partition coefficient (Wildman–Crippen LogP) is 4.71. The first-order valence-electron chi connectivity index (χ1n) is 11.2. The van der Waals surface area contributed by atoms with E-state index in [0.717, 1.165) is 57.2 Å². The molecule has 0 aromatic rings. The molecule has 0 aliphatic heterocycles. The Morgan fingerprint density at radius 1 is 1.11 bits per heavy atom. The smallest absolute Gasteiger partial charge is 0.166 e. The number of Topliss-reactive ketones (excluding diaryl/α,β-unsaturated/α-hetero) is 1. The Hall–Kier alpha value is -1.09. The van der Waals surface area contributed by atoms with Crippen LogP contribution < -0.4 is 0 Å². The van der Waals surface area contributed by atoms with Crippen LogP contribution in [0.2, 0.25) is 0 Å². The third-order valence-corrected chi connectivity index (χ3v) is 8.87. The SMILES string of the molecule is CCN(C=C1C[C@H]2[C@@H]3CC=C4CC(O)CC[C@]4(C)[C@H]3CC[C@]2(C)C1=O)CC. The average molecular weight is 372 g/mol. The summed E-state index contributed by atoms with van der Waals surface area (Å²) < 4.78 is 0. The minimum Gasteiger partial charge on any atom is -0.393 e. The van der Waals surface area contributed by atoms with Crippen LogP contribution in [0.5, 0.6) is 0 Å². The van der Waals surface area contributed by atoms with Gasteiger partial charge in [0.15, 0.2) is 5.78 Å². The number of nitrogens with zero attached hydrogens (tertiary/aromatic N) is 1. The van der Waals surface area contributed by atoms with Crippen molar-refractivity contribution in [3.8, 4) is 0 Å². The molecule has 0 amide bonds.